The zero-order chi connectivity index (χ0) is 25.2. The second kappa shape index (κ2) is 7.72. The number of ketones is 2. The Hall–Kier alpha value is -4.06. The average molecular weight is 478 g/mol. The van der Waals surface area contributed by atoms with Gasteiger partial charge in [-0.2, -0.15) is 0 Å². The van der Waals surface area contributed by atoms with Gasteiger partial charge in [-0.05, 0) is 41.0 Å². The highest BCUT2D eigenvalue weighted by molar-refractivity contribution is 6.15. The SMILES string of the molecule is CC(C)(C)C(=O)C1C(C(=O)c2ccccn2)C2(C(=O)Nc3ccccc32)C2c3ccccc3C=CN12. The monoisotopic (exact) mass is 477 g/mol. The van der Waals surface area contributed by atoms with E-state index in [1.807, 2.05) is 86.5 Å². The van der Waals surface area contributed by atoms with Crippen LogP contribution < -0.4 is 5.32 Å². The summed E-state index contributed by atoms with van der Waals surface area (Å²) in [6.45, 7) is 5.59. The summed E-state index contributed by atoms with van der Waals surface area (Å²) in [4.78, 5) is 49.1. The smallest absolute Gasteiger partial charge is 0.238 e. The Balaban J connectivity index is 1.70. The van der Waals surface area contributed by atoms with E-state index in [-0.39, 0.29) is 23.2 Å². The van der Waals surface area contributed by atoms with Gasteiger partial charge in [-0.15, -0.1) is 0 Å². The number of anilines is 1. The quantitative estimate of drug-likeness (QED) is 0.549. The van der Waals surface area contributed by atoms with E-state index in [9.17, 15) is 14.4 Å². The molecule has 3 aliphatic heterocycles. The van der Waals surface area contributed by atoms with Crippen molar-refractivity contribution in [2.24, 2.45) is 11.3 Å². The van der Waals surface area contributed by atoms with E-state index in [1.54, 1.807) is 24.4 Å². The highest BCUT2D eigenvalue weighted by Crippen LogP contribution is 2.62. The van der Waals surface area contributed by atoms with Gasteiger partial charge < -0.3 is 10.2 Å². The fourth-order valence-corrected chi connectivity index (χ4v) is 6.28. The Morgan fingerprint density at radius 3 is 2.44 bits per heavy atom. The van der Waals surface area contributed by atoms with Gasteiger partial charge in [0.1, 0.15) is 11.1 Å². The van der Waals surface area contributed by atoms with E-state index in [4.69, 9.17) is 0 Å². The highest BCUT2D eigenvalue weighted by atomic mass is 16.2. The van der Waals surface area contributed by atoms with Gasteiger partial charge in [0.15, 0.2) is 11.6 Å². The third kappa shape index (κ3) is 2.90. The number of aromatic nitrogens is 1. The lowest BCUT2D eigenvalue weighted by Crippen LogP contribution is -2.50. The molecule has 6 rings (SSSR count). The maximum Gasteiger partial charge on any atom is 0.238 e. The first-order valence-electron chi connectivity index (χ1n) is 12.2. The molecule has 4 atom stereocenters. The predicted molar refractivity (Wildman–Crippen MR) is 137 cm³/mol. The van der Waals surface area contributed by atoms with Crippen molar-refractivity contribution >= 4 is 29.2 Å². The van der Waals surface area contributed by atoms with Crippen molar-refractivity contribution in [3.63, 3.8) is 0 Å². The van der Waals surface area contributed by atoms with Crippen molar-refractivity contribution in [1.82, 2.24) is 9.88 Å². The molecule has 3 aromatic rings. The van der Waals surface area contributed by atoms with E-state index in [0.717, 1.165) is 16.7 Å². The van der Waals surface area contributed by atoms with Crippen LogP contribution in [0.25, 0.3) is 6.08 Å². The zero-order valence-electron chi connectivity index (χ0n) is 20.4. The van der Waals surface area contributed by atoms with Crippen LogP contribution in [0.15, 0.2) is 79.1 Å². The van der Waals surface area contributed by atoms with Crippen molar-refractivity contribution in [3.8, 4) is 0 Å². The summed E-state index contributed by atoms with van der Waals surface area (Å²) in [6.07, 6.45) is 5.43. The number of para-hydroxylation sites is 1. The first-order valence-corrected chi connectivity index (χ1v) is 12.2. The molecule has 1 aromatic heterocycles. The second-order valence-corrected chi connectivity index (χ2v) is 10.8. The molecule has 1 spiro atoms. The van der Waals surface area contributed by atoms with E-state index >= 15 is 0 Å². The van der Waals surface area contributed by atoms with Gasteiger partial charge in [-0.1, -0.05) is 69.3 Å². The molecule has 36 heavy (non-hydrogen) atoms. The van der Waals surface area contributed by atoms with Crippen LogP contribution in [-0.2, 0) is 15.0 Å². The Labute approximate surface area is 210 Å². The van der Waals surface area contributed by atoms with E-state index in [1.165, 1.54) is 0 Å². The maximum atomic E-state index is 14.4. The van der Waals surface area contributed by atoms with Gasteiger partial charge in [0, 0.05) is 23.5 Å². The standard InChI is InChI=1S/C30H27N3O3/c1-29(2,3)27(35)24-23(25(34)22-14-8-9-16-31-22)30(20-12-6-7-13-21(20)32-28(30)36)26-19-11-5-4-10-18(19)15-17-33(24)26/h4-17,23-24,26H,1-3H3,(H,32,36). The van der Waals surface area contributed by atoms with Crippen LogP contribution in [0.3, 0.4) is 0 Å². The Morgan fingerprint density at radius 2 is 1.69 bits per heavy atom. The van der Waals surface area contributed by atoms with Crippen LogP contribution >= 0.6 is 0 Å². The summed E-state index contributed by atoms with van der Waals surface area (Å²) in [7, 11) is 0. The first kappa shape index (κ1) is 22.4. The van der Waals surface area contributed by atoms with E-state index < -0.39 is 28.8 Å². The molecule has 0 saturated carbocycles. The zero-order valence-corrected chi connectivity index (χ0v) is 20.4. The number of carbonyl (C=O) groups is 3. The Kier molecular flexibility index (Phi) is 4.80. The summed E-state index contributed by atoms with van der Waals surface area (Å²) >= 11 is 0. The summed E-state index contributed by atoms with van der Waals surface area (Å²) in [5, 5.41) is 3.05. The normalized spacial score (nSPS) is 25.8. The number of fused-ring (bicyclic) bond motifs is 6. The van der Waals surface area contributed by atoms with Crippen molar-refractivity contribution in [2.45, 2.75) is 38.3 Å². The van der Waals surface area contributed by atoms with Crippen molar-refractivity contribution in [2.75, 3.05) is 5.32 Å². The number of nitrogens with zero attached hydrogens (tertiary/aromatic N) is 2. The fraction of sp³-hybridized carbons (Fsp3) is 0.267. The molecule has 0 aliphatic carbocycles. The summed E-state index contributed by atoms with van der Waals surface area (Å²) in [6, 6.07) is 19.2. The molecule has 1 fully saturated rings. The molecule has 3 aliphatic rings. The molecule has 4 heterocycles. The lowest BCUT2D eigenvalue weighted by molar-refractivity contribution is -0.131. The minimum Gasteiger partial charge on any atom is -0.358 e. The first-order chi connectivity index (χ1) is 17.3. The van der Waals surface area contributed by atoms with E-state index in [0.29, 0.717) is 5.69 Å². The molecule has 0 radical (unpaired) electrons. The molecule has 6 heteroatoms. The lowest BCUT2D eigenvalue weighted by Gasteiger charge is -2.38. The number of hydrogen-bond acceptors (Lipinski definition) is 5. The fourth-order valence-electron chi connectivity index (χ4n) is 6.28. The van der Waals surface area contributed by atoms with Crippen LogP contribution in [0.4, 0.5) is 5.69 Å². The Bertz CT molecular complexity index is 1440. The van der Waals surface area contributed by atoms with Crippen LogP contribution in [0.2, 0.25) is 0 Å². The minimum atomic E-state index is -1.31. The van der Waals surface area contributed by atoms with Gasteiger partial charge in [-0.3, -0.25) is 19.4 Å². The molecular weight excluding hydrogens is 450 g/mol. The lowest BCUT2D eigenvalue weighted by atomic mass is 9.62. The number of amides is 1. The number of Topliss-reactive ketones (excluding diaryl/α,β-unsaturated/α-hetero) is 2. The third-order valence-corrected chi connectivity index (χ3v) is 7.78. The Morgan fingerprint density at radius 1 is 0.972 bits per heavy atom. The van der Waals surface area contributed by atoms with Crippen LogP contribution in [-0.4, -0.2) is 33.4 Å². The van der Waals surface area contributed by atoms with Gasteiger partial charge in [0.05, 0.1) is 18.0 Å². The number of nitrogens with one attached hydrogen (secondary N) is 1. The summed E-state index contributed by atoms with van der Waals surface area (Å²) in [5.74, 6) is -1.61. The third-order valence-electron chi connectivity index (χ3n) is 7.78. The molecule has 4 unspecified atom stereocenters. The van der Waals surface area contributed by atoms with Crippen molar-refractivity contribution in [1.29, 1.82) is 0 Å². The molecule has 2 aromatic carbocycles. The number of benzene rings is 2. The average Bonchev–Trinajstić information content (AvgIpc) is 3.35. The van der Waals surface area contributed by atoms with E-state index in [2.05, 4.69) is 10.3 Å². The van der Waals surface area contributed by atoms with Crippen LogP contribution in [0, 0.1) is 11.3 Å². The number of pyridine rings is 1. The summed E-state index contributed by atoms with van der Waals surface area (Å²) < 4.78 is 0. The predicted octanol–water partition coefficient (Wildman–Crippen LogP) is 4.80. The van der Waals surface area contributed by atoms with Gasteiger partial charge >= 0.3 is 0 Å². The number of rotatable bonds is 3. The van der Waals surface area contributed by atoms with Gasteiger partial charge in [-0.25, -0.2) is 0 Å². The van der Waals surface area contributed by atoms with Crippen LogP contribution in [0.5, 0.6) is 0 Å². The molecule has 180 valence electrons. The topological polar surface area (TPSA) is 79.4 Å². The second-order valence-electron chi connectivity index (χ2n) is 10.8. The minimum absolute atomic E-state index is 0.0835. The molecule has 1 amide bonds. The molecule has 1 N–H and O–H groups in total. The summed E-state index contributed by atoms with van der Waals surface area (Å²) in [5.41, 5.74) is 1.53. The molecule has 1 saturated heterocycles. The molecular formula is C30H27N3O3. The number of hydrogen-bond donors (Lipinski definition) is 1. The maximum absolute atomic E-state index is 14.4. The molecule has 6 nitrogen and oxygen atoms in total. The van der Waals surface area contributed by atoms with Gasteiger partial charge in [0.25, 0.3) is 0 Å². The number of carbonyl (C=O) groups excluding carboxylic acids is 3. The van der Waals surface area contributed by atoms with Crippen molar-refractivity contribution in [3.05, 3.63) is 102 Å². The molecule has 0 bridgehead atoms. The largest absolute Gasteiger partial charge is 0.358 e. The van der Waals surface area contributed by atoms with Crippen LogP contribution in [0.1, 0.15) is 54.0 Å². The highest BCUT2D eigenvalue weighted by Gasteiger charge is 2.71. The van der Waals surface area contributed by atoms with Crippen molar-refractivity contribution < 1.29 is 14.4 Å². The van der Waals surface area contributed by atoms with Gasteiger partial charge in [0.2, 0.25) is 5.91 Å².